The molecule has 1 aliphatic heterocycles. The monoisotopic (exact) mass is 158 g/mol. The minimum atomic E-state index is 0.0306. The molecule has 0 radical (unpaired) electrons. The summed E-state index contributed by atoms with van der Waals surface area (Å²) >= 11 is 5.09. The van der Waals surface area contributed by atoms with Gasteiger partial charge in [-0.15, -0.1) is 6.58 Å². The molecule has 0 aromatic rings. The smallest absolute Gasteiger partial charge is 0.0641 e. The van der Waals surface area contributed by atoms with Crippen molar-refractivity contribution < 1.29 is 0 Å². The van der Waals surface area contributed by atoms with E-state index in [-0.39, 0.29) is 5.50 Å². The van der Waals surface area contributed by atoms with Crippen LogP contribution in [0.2, 0.25) is 0 Å². The topological polar surface area (TPSA) is 18.5 Å². The van der Waals surface area contributed by atoms with Crippen molar-refractivity contribution in [2.24, 2.45) is 0 Å². The minimum absolute atomic E-state index is 0.0306. The van der Waals surface area contributed by atoms with Crippen molar-refractivity contribution in [3.8, 4) is 0 Å². The first-order chi connectivity index (χ1) is 4.74. The third-order valence-electron chi connectivity index (χ3n) is 1.42. The number of hydrazine groups is 1. The fourth-order valence-electron chi connectivity index (χ4n) is 0.977. The molecule has 0 aromatic carbocycles. The van der Waals surface area contributed by atoms with Gasteiger partial charge in [-0.3, -0.25) is 10.3 Å². The van der Waals surface area contributed by atoms with E-state index in [4.69, 9.17) is 12.6 Å². The summed E-state index contributed by atoms with van der Waals surface area (Å²) in [6.07, 6.45) is 1.86. The number of hydrogen-bond acceptors (Lipinski definition) is 4. The van der Waals surface area contributed by atoms with E-state index in [2.05, 4.69) is 16.9 Å². The van der Waals surface area contributed by atoms with Crippen molar-refractivity contribution >= 4 is 12.6 Å². The summed E-state index contributed by atoms with van der Waals surface area (Å²) in [6, 6.07) is 0. The predicted octanol–water partition coefficient (Wildman–Crippen LogP) is -0.288. The fraction of sp³-hybridized carbons (Fsp3) is 0.667. The van der Waals surface area contributed by atoms with Crippen LogP contribution < -0.4 is 5.43 Å². The van der Waals surface area contributed by atoms with Gasteiger partial charge in [-0.1, -0.05) is 6.08 Å². The van der Waals surface area contributed by atoms with Crippen LogP contribution >= 0.6 is 0 Å². The molecule has 1 rings (SSSR count). The lowest BCUT2D eigenvalue weighted by atomic mass is 10.6. The normalized spacial score (nSPS) is 29.2. The molecule has 0 amide bonds. The van der Waals surface area contributed by atoms with Crippen molar-refractivity contribution in [2.75, 3.05) is 20.3 Å². The average molecular weight is 158 g/mol. The predicted molar refractivity (Wildman–Crippen MR) is 43.8 cm³/mol. The van der Waals surface area contributed by atoms with Crippen LogP contribution in [0, 0.1) is 0 Å². The van der Waals surface area contributed by atoms with E-state index in [0.29, 0.717) is 0 Å². The van der Waals surface area contributed by atoms with Gasteiger partial charge < -0.3 is 12.6 Å². The highest BCUT2D eigenvalue weighted by molar-refractivity contribution is 7.59. The van der Waals surface area contributed by atoms with Gasteiger partial charge in [0.05, 0.1) is 6.67 Å². The van der Waals surface area contributed by atoms with Crippen molar-refractivity contribution in [3.63, 3.8) is 0 Å². The van der Waals surface area contributed by atoms with Crippen LogP contribution in [0.4, 0.5) is 0 Å². The Hall–Kier alpha value is -0.0300. The Balaban J connectivity index is 2.38. The Morgan fingerprint density at radius 3 is 3.00 bits per heavy atom. The summed E-state index contributed by atoms with van der Waals surface area (Å²) in [7, 11) is 1.97. The highest BCUT2D eigenvalue weighted by Crippen LogP contribution is 2.03. The second-order valence-corrected chi connectivity index (χ2v) is 2.83. The lowest BCUT2D eigenvalue weighted by molar-refractivity contribution is 0.271. The molecule has 1 aliphatic rings. The third kappa shape index (κ3) is 1.73. The van der Waals surface area contributed by atoms with E-state index in [1.165, 1.54) is 0 Å². The van der Waals surface area contributed by atoms with Crippen LogP contribution in [0.5, 0.6) is 0 Å². The van der Waals surface area contributed by atoms with Crippen molar-refractivity contribution in [1.29, 1.82) is 0 Å². The van der Waals surface area contributed by atoms with Gasteiger partial charge in [0.1, 0.15) is 0 Å². The second kappa shape index (κ2) is 3.39. The Bertz CT molecular complexity index is 128. The number of nitrogens with one attached hydrogen (secondary N) is 1. The zero-order chi connectivity index (χ0) is 7.56. The molecule has 1 unspecified atom stereocenters. The van der Waals surface area contributed by atoms with E-state index >= 15 is 0 Å². The van der Waals surface area contributed by atoms with Gasteiger partial charge in [0.25, 0.3) is 0 Å². The standard InChI is InChI=1S/C6H13N3S/c1-3-4-9-5-8(2)7-6(9)10/h3,6-7,10H,1,4-5H2,2H3/p-1. The van der Waals surface area contributed by atoms with E-state index in [0.717, 1.165) is 13.2 Å². The Morgan fingerprint density at radius 2 is 2.60 bits per heavy atom. The van der Waals surface area contributed by atoms with Gasteiger partial charge >= 0.3 is 0 Å². The highest BCUT2D eigenvalue weighted by atomic mass is 32.1. The fourth-order valence-corrected chi connectivity index (χ4v) is 1.31. The molecular formula is C6H12N3S-. The summed E-state index contributed by atoms with van der Waals surface area (Å²) in [5.41, 5.74) is 3.11. The summed E-state index contributed by atoms with van der Waals surface area (Å²) in [4.78, 5) is 2.11. The molecule has 1 heterocycles. The number of nitrogens with zero attached hydrogens (tertiary/aromatic N) is 2. The number of rotatable bonds is 2. The second-order valence-electron chi connectivity index (χ2n) is 2.38. The van der Waals surface area contributed by atoms with Gasteiger partial charge in [0, 0.05) is 13.6 Å². The average Bonchev–Trinajstić information content (AvgIpc) is 2.13. The van der Waals surface area contributed by atoms with Crippen LogP contribution in [0.25, 0.3) is 0 Å². The third-order valence-corrected chi connectivity index (χ3v) is 1.82. The van der Waals surface area contributed by atoms with Gasteiger partial charge in [-0.05, 0) is 5.50 Å². The van der Waals surface area contributed by atoms with E-state index in [1.54, 1.807) is 0 Å². The Kier molecular flexibility index (Phi) is 2.73. The van der Waals surface area contributed by atoms with Crippen molar-refractivity contribution in [3.05, 3.63) is 12.7 Å². The summed E-state index contributed by atoms with van der Waals surface area (Å²) in [5, 5.41) is 1.97. The maximum atomic E-state index is 5.09. The lowest BCUT2D eigenvalue weighted by Gasteiger charge is -2.25. The van der Waals surface area contributed by atoms with Gasteiger partial charge in [-0.2, -0.15) is 0 Å². The van der Waals surface area contributed by atoms with Crippen molar-refractivity contribution in [1.82, 2.24) is 15.3 Å². The van der Waals surface area contributed by atoms with Crippen molar-refractivity contribution in [2.45, 2.75) is 5.50 Å². The van der Waals surface area contributed by atoms with E-state index in [1.807, 2.05) is 18.1 Å². The molecule has 0 aromatic heterocycles. The number of hydrogen-bond donors (Lipinski definition) is 1. The molecule has 0 spiro atoms. The molecule has 1 N–H and O–H groups in total. The molecule has 1 atom stereocenters. The van der Waals surface area contributed by atoms with Crippen LogP contribution in [0.3, 0.4) is 0 Å². The lowest BCUT2D eigenvalue weighted by Crippen LogP contribution is -2.34. The summed E-state index contributed by atoms with van der Waals surface area (Å²) < 4.78 is 0. The Labute approximate surface area is 67.1 Å². The van der Waals surface area contributed by atoms with Crippen LogP contribution in [0.15, 0.2) is 12.7 Å². The first-order valence-electron chi connectivity index (χ1n) is 3.22. The summed E-state index contributed by atoms with van der Waals surface area (Å²) in [5.74, 6) is 0. The largest absolute Gasteiger partial charge is 0.757 e. The SMILES string of the molecule is C=CCN1CN(C)NC1[S-]. The molecule has 58 valence electrons. The maximum absolute atomic E-state index is 5.09. The first kappa shape index (κ1) is 8.07. The molecule has 3 nitrogen and oxygen atoms in total. The molecule has 4 heteroatoms. The summed E-state index contributed by atoms with van der Waals surface area (Å²) in [6.45, 7) is 5.38. The van der Waals surface area contributed by atoms with E-state index < -0.39 is 0 Å². The highest BCUT2D eigenvalue weighted by Gasteiger charge is 2.15. The van der Waals surface area contributed by atoms with E-state index in [9.17, 15) is 0 Å². The molecule has 0 saturated carbocycles. The van der Waals surface area contributed by atoms with Gasteiger partial charge in [0.2, 0.25) is 0 Å². The quantitative estimate of drug-likeness (QED) is 0.439. The van der Waals surface area contributed by atoms with Crippen LogP contribution in [-0.4, -0.2) is 35.7 Å². The molecule has 1 fully saturated rings. The molecule has 0 aliphatic carbocycles. The zero-order valence-electron chi connectivity index (χ0n) is 6.08. The molecule has 10 heavy (non-hydrogen) atoms. The maximum Gasteiger partial charge on any atom is 0.0641 e. The molecule has 0 bridgehead atoms. The minimum Gasteiger partial charge on any atom is -0.757 e. The van der Waals surface area contributed by atoms with Crippen LogP contribution in [-0.2, 0) is 12.6 Å². The zero-order valence-corrected chi connectivity index (χ0v) is 6.90. The Morgan fingerprint density at radius 1 is 1.90 bits per heavy atom. The van der Waals surface area contributed by atoms with Gasteiger partial charge in [-0.25, -0.2) is 5.01 Å². The van der Waals surface area contributed by atoms with Gasteiger partial charge in [0.15, 0.2) is 0 Å². The first-order valence-corrected chi connectivity index (χ1v) is 3.69. The molecular weight excluding hydrogens is 146 g/mol. The molecule has 1 saturated heterocycles. The van der Waals surface area contributed by atoms with Crippen LogP contribution in [0.1, 0.15) is 0 Å².